The van der Waals surface area contributed by atoms with E-state index in [0.29, 0.717) is 24.5 Å². The van der Waals surface area contributed by atoms with Crippen molar-refractivity contribution in [2.75, 3.05) is 43.5 Å². The number of hydrogen-bond donors (Lipinski definition) is 1. The predicted octanol–water partition coefficient (Wildman–Crippen LogP) is 6.14. The van der Waals surface area contributed by atoms with E-state index in [1.165, 1.54) is 6.08 Å². The Morgan fingerprint density at radius 3 is 2.25 bits per heavy atom. The van der Waals surface area contributed by atoms with Gasteiger partial charge in [-0.2, -0.15) is 0 Å². The number of nitrogens with one attached hydrogen (secondary N) is 1. The summed E-state index contributed by atoms with van der Waals surface area (Å²) in [4.78, 5) is 29.4. The molecule has 1 aliphatic heterocycles. The van der Waals surface area contributed by atoms with Gasteiger partial charge in [-0.05, 0) is 77.5 Å². The summed E-state index contributed by atoms with van der Waals surface area (Å²) in [5.74, 6) is 0.505. The molecule has 36 heavy (non-hydrogen) atoms. The smallest absolute Gasteiger partial charge is 0.253 e. The number of rotatable bonds is 6. The number of piperazine rings is 1. The first-order valence-electron chi connectivity index (χ1n) is 11.6. The number of carbonyl (C=O) groups is 2. The van der Waals surface area contributed by atoms with Crippen molar-refractivity contribution in [3.63, 3.8) is 0 Å². The molecule has 0 atom stereocenters. The second kappa shape index (κ2) is 11.8. The first kappa shape index (κ1) is 26.0. The number of hydrogen-bond acceptors (Lipinski definition) is 4. The molecule has 0 radical (unpaired) electrons. The van der Waals surface area contributed by atoms with E-state index in [2.05, 4.69) is 42.1 Å². The second-order valence-corrected chi connectivity index (χ2v) is 10.3. The summed E-state index contributed by atoms with van der Waals surface area (Å²) in [6, 6.07) is 19.3. The van der Waals surface area contributed by atoms with Crippen molar-refractivity contribution in [2.45, 2.75) is 6.92 Å². The van der Waals surface area contributed by atoms with Crippen molar-refractivity contribution < 1.29 is 14.3 Å². The van der Waals surface area contributed by atoms with Gasteiger partial charge in [0.2, 0.25) is 5.91 Å². The Balaban J connectivity index is 1.32. The summed E-state index contributed by atoms with van der Waals surface area (Å²) < 4.78 is 7.10. The third-order valence-electron chi connectivity index (χ3n) is 6.02. The van der Waals surface area contributed by atoms with Crippen LogP contribution in [0.5, 0.6) is 5.75 Å². The summed E-state index contributed by atoms with van der Waals surface area (Å²) in [5.41, 5.74) is 4.43. The lowest BCUT2D eigenvalue weighted by Crippen LogP contribution is -2.48. The van der Waals surface area contributed by atoms with Gasteiger partial charge >= 0.3 is 0 Å². The van der Waals surface area contributed by atoms with Gasteiger partial charge in [-0.1, -0.05) is 33.6 Å². The molecule has 1 aliphatic rings. The average molecular weight is 613 g/mol. The van der Waals surface area contributed by atoms with Gasteiger partial charge in [0, 0.05) is 59.2 Å². The second-order valence-electron chi connectivity index (χ2n) is 8.52. The lowest BCUT2D eigenvalue weighted by molar-refractivity contribution is -0.111. The van der Waals surface area contributed by atoms with Crippen molar-refractivity contribution in [3.8, 4) is 5.75 Å². The van der Waals surface area contributed by atoms with Gasteiger partial charge in [0.15, 0.2) is 0 Å². The van der Waals surface area contributed by atoms with Crippen molar-refractivity contribution in [3.05, 3.63) is 92.4 Å². The van der Waals surface area contributed by atoms with Crippen LogP contribution in [0.3, 0.4) is 0 Å². The molecular weight excluding hydrogens is 586 g/mol. The minimum atomic E-state index is -0.232. The molecule has 0 unspecified atom stereocenters. The molecular formula is C28H27Br2N3O3. The molecule has 6 nitrogen and oxygen atoms in total. The van der Waals surface area contributed by atoms with Gasteiger partial charge in [0.1, 0.15) is 5.75 Å². The standard InChI is InChI=1S/C28H27Br2N3O3/c1-19-3-5-20(6-4-19)28(35)33-15-13-32(14-16-33)24-10-8-23(9-11-24)31-26(34)12-7-21-17-22(29)18-25(30)27(21)36-2/h3-12,17-18H,13-16H2,1-2H3,(H,31,34). The number of halogens is 2. The number of nitrogens with zero attached hydrogens (tertiary/aromatic N) is 2. The van der Waals surface area contributed by atoms with E-state index in [1.807, 2.05) is 72.5 Å². The number of carbonyl (C=O) groups excluding carboxylic acids is 2. The molecule has 3 aromatic rings. The largest absolute Gasteiger partial charge is 0.495 e. The van der Waals surface area contributed by atoms with E-state index in [9.17, 15) is 9.59 Å². The SMILES string of the molecule is COc1c(Br)cc(Br)cc1C=CC(=O)Nc1ccc(N2CCN(C(=O)c3ccc(C)cc3)CC2)cc1. The van der Waals surface area contributed by atoms with Crippen molar-refractivity contribution in [1.82, 2.24) is 4.90 Å². The van der Waals surface area contributed by atoms with Gasteiger partial charge in [0.25, 0.3) is 5.91 Å². The minimum Gasteiger partial charge on any atom is -0.495 e. The number of benzene rings is 3. The molecule has 0 aromatic heterocycles. The molecule has 3 aromatic carbocycles. The van der Waals surface area contributed by atoms with Crippen molar-refractivity contribution in [1.29, 1.82) is 0 Å². The first-order chi connectivity index (χ1) is 17.3. The summed E-state index contributed by atoms with van der Waals surface area (Å²) in [6.07, 6.45) is 3.20. The van der Waals surface area contributed by atoms with Crippen LogP contribution >= 0.6 is 31.9 Å². The lowest BCUT2D eigenvalue weighted by Gasteiger charge is -2.36. The lowest BCUT2D eigenvalue weighted by atomic mass is 10.1. The molecule has 1 heterocycles. The van der Waals surface area contributed by atoms with Crippen LogP contribution in [-0.2, 0) is 4.79 Å². The normalized spacial score (nSPS) is 13.7. The van der Waals surface area contributed by atoms with Crippen molar-refractivity contribution in [2.24, 2.45) is 0 Å². The maximum atomic E-state index is 12.8. The van der Waals surface area contributed by atoms with Gasteiger partial charge in [0.05, 0.1) is 11.6 Å². The van der Waals surface area contributed by atoms with E-state index in [-0.39, 0.29) is 11.8 Å². The fourth-order valence-corrected chi connectivity index (χ4v) is 5.49. The molecule has 0 bridgehead atoms. The van der Waals surface area contributed by atoms with Crippen LogP contribution in [0.2, 0.25) is 0 Å². The van der Waals surface area contributed by atoms with Gasteiger partial charge in [-0.3, -0.25) is 9.59 Å². The zero-order chi connectivity index (χ0) is 25.7. The van der Waals surface area contributed by atoms with Crippen LogP contribution < -0.4 is 15.0 Å². The van der Waals surface area contributed by atoms with Crippen LogP contribution in [0.1, 0.15) is 21.5 Å². The highest BCUT2D eigenvalue weighted by molar-refractivity contribution is 9.11. The van der Waals surface area contributed by atoms with E-state index in [1.54, 1.807) is 13.2 Å². The maximum absolute atomic E-state index is 12.8. The van der Waals surface area contributed by atoms with Crippen molar-refractivity contribution >= 4 is 61.1 Å². The molecule has 0 saturated carbocycles. The molecule has 4 rings (SSSR count). The maximum Gasteiger partial charge on any atom is 0.253 e. The van der Waals surface area contributed by atoms with Gasteiger partial charge in [-0.25, -0.2) is 0 Å². The Morgan fingerprint density at radius 2 is 1.61 bits per heavy atom. The zero-order valence-corrected chi connectivity index (χ0v) is 23.3. The topological polar surface area (TPSA) is 61.9 Å². The Kier molecular flexibility index (Phi) is 8.48. The highest BCUT2D eigenvalue weighted by Gasteiger charge is 2.22. The Labute approximate surface area is 228 Å². The third-order valence-corrected chi connectivity index (χ3v) is 7.07. The van der Waals surface area contributed by atoms with Crippen LogP contribution in [0.15, 0.2) is 75.7 Å². The number of amides is 2. The van der Waals surface area contributed by atoms with E-state index >= 15 is 0 Å². The van der Waals surface area contributed by atoms with E-state index in [4.69, 9.17) is 4.74 Å². The van der Waals surface area contributed by atoms with Crippen LogP contribution in [0.25, 0.3) is 6.08 Å². The fraction of sp³-hybridized carbons (Fsp3) is 0.214. The highest BCUT2D eigenvalue weighted by atomic mass is 79.9. The number of methoxy groups -OCH3 is 1. The molecule has 1 fully saturated rings. The molecule has 1 saturated heterocycles. The first-order valence-corrected chi connectivity index (χ1v) is 13.2. The predicted molar refractivity (Wildman–Crippen MR) is 152 cm³/mol. The molecule has 2 amide bonds. The summed E-state index contributed by atoms with van der Waals surface area (Å²) in [5, 5.41) is 2.89. The summed E-state index contributed by atoms with van der Waals surface area (Å²) >= 11 is 6.93. The van der Waals surface area contributed by atoms with Crippen LogP contribution in [-0.4, -0.2) is 50.0 Å². The number of ether oxygens (including phenoxy) is 1. The molecule has 1 N–H and O–H groups in total. The van der Waals surface area contributed by atoms with Crippen LogP contribution in [0.4, 0.5) is 11.4 Å². The zero-order valence-electron chi connectivity index (χ0n) is 20.1. The van der Waals surface area contributed by atoms with Gasteiger partial charge in [-0.15, -0.1) is 0 Å². The highest BCUT2D eigenvalue weighted by Crippen LogP contribution is 2.33. The average Bonchev–Trinajstić information content (AvgIpc) is 2.88. The summed E-state index contributed by atoms with van der Waals surface area (Å²) in [7, 11) is 1.59. The van der Waals surface area contributed by atoms with E-state index in [0.717, 1.165) is 44.4 Å². The Bertz CT molecular complexity index is 1270. The molecule has 8 heteroatoms. The van der Waals surface area contributed by atoms with Gasteiger partial charge < -0.3 is 19.9 Å². The van der Waals surface area contributed by atoms with E-state index < -0.39 is 0 Å². The summed E-state index contributed by atoms with van der Waals surface area (Å²) in [6.45, 7) is 4.88. The molecule has 0 aliphatic carbocycles. The molecule has 186 valence electrons. The quantitative estimate of drug-likeness (QED) is 0.340. The third kappa shape index (κ3) is 6.36. The Hall–Kier alpha value is -3.10. The number of aryl methyl sites for hydroxylation is 1. The number of anilines is 2. The Morgan fingerprint density at radius 1 is 0.944 bits per heavy atom. The van der Waals surface area contributed by atoms with Crippen LogP contribution in [0, 0.1) is 6.92 Å². The monoisotopic (exact) mass is 611 g/mol. The fourth-order valence-electron chi connectivity index (χ4n) is 4.07. The molecule has 0 spiro atoms. The minimum absolute atomic E-state index is 0.0774.